The van der Waals surface area contributed by atoms with Crippen LogP contribution in [0, 0.1) is 0 Å². The van der Waals surface area contributed by atoms with Crippen molar-refractivity contribution in [3.63, 3.8) is 0 Å². The van der Waals surface area contributed by atoms with Crippen LogP contribution in [0.25, 0.3) is 0 Å². The Kier molecular flexibility index (Phi) is 19.0. The molecule has 3 nitrogen and oxygen atoms in total. The number of esters is 1. The van der Waals surface area contributed by atoms with Gasteiger partial charge in [-0.2, -0.15) is 0 Å². The number of unbranched alkanes of at least 4 members (excludes halogenated alkanes) is 16. The quantitative estimate of drug-likeness (QED) is 0.131. The molecule has 1 rings (SSSR count). The van der Waals surface area contributed by atoms with E-state index >= 15 is 0 Å². The van der Waals surface area contributed by atoms with E-state index in [-0.39, 0.29) is 5.97 Å². The average Bonchev–Trinajstić information content (AvgIpc) is 2.81. The standard InChI is InChI=1S/C29H50O3/c1-3-5-6-7-8-9-10-11-12-13-14-15-16-17-18-19-20-21-29(30)32-26-27-22-24-28(25-23-27)31-4-2/h22-25H,3-21,26H2,1-2H3. The van der Waals surface area contributed by atoms with E-state index in [0.717, 1.165) is 24.2 Å². The van der Waals surface area contributed by atoms with Crippen LogP contribution >= 0.6 is 0 Å². The Morgan fingerprint density at radius 1 is 0.625 bits per heavy atom. The molecule has 0 aliphatic carbocycles. The summed E-state index contributed by atoms with van der Waals surface area (Å²) in [6.07, 6.45) is 23.5. The van der Waals surface area contributed by atoms with Crippen molar-refractivity contribution in [1.29, 1.82) is 0 Å². The van der Waals surface area contributed by atoms with Crippen molar-refractivity contribution >= 4 is 5.97 Å². The number of carbonyl (C=O) groups excluding carboxylic acids is 1. The predicted molar refractivity (Wildman–Crippen MR) is 136 cm³/mol. The summed E-state index contributed by atoms with van der Waals surface area (Å²) >= 11 is 0. The summed E-state index contributed by atoms with van der Waals surface area (Å²) in [5, 5.41) is 0. The Morgan fingerprint density at radius 2 is 1.06 bits per heavy atom. The van der Waals surface area contributed by atoms with Gasteiger partial charge in [0.15, 0.2) is 0 Å². The highest BCUT2D eigenvalue weighted by atomic mass is 16.5. The summed E-state index contributed by atoms with van der Waals surface area (Å²) in [6.45, 7) is 5.26. The molecule has 0 aliphatic rings. The van der Waals surface area contributed by atoms with Crippen molar-refractivity contribution in [2.24, 2.45) is 0 Å². The van der Waals surface area contributed by atoms with Crippen molar-refractivity contribution in [3.05, 3.63) is 29.8 Å². The molecule has 0 saturated carbocycles. The number of benzene rings is 1. The van der Waals surface area contributed by atoms with Crippen molar-refractivity contribution in [2.75, 3.05) is 6.61 Å². The van der Waals surface area contributed by atoms with Crippen LogP contribution in [0.2, 0.25) is 0 Å². The fraction of sp³-hybridized carbons (Fsp3) is 0.759. The monoisotopic (exact) mass is 446 g/mol. The highest BCUT2D eigenvalue weighted by Crippen LogP contribution is 2.15. The van der Waals surface area contributed by atoms with Crippen LogP contribution in [0.15, 0.2) is 24.3 Å². The summed E-state index contributed by atoms with van der Waals surface area (Å²) in [4.78, 5) is 11.9. The van der Waals surface area contributed by atoms with Gasteiger partial charge in [-0.25, -0.2) is 0 Å². The van der Waals surface area contributed by atoms with Gasteiger partial charge in [-0.15, -0.1) is 0 Å². The molecule has 0 atom stereocenters. The molecule has 184 valence electrons. The summed E-state index contributed by atoms with van der Waals surface area (Å²) in [7, 11) is 0. The third-order valence-corrected chi connectivity index (χ3v) is 6.12. The maximum Gasteiger partial charge on any atom is 0.306 e. The zero-order chi connectivity index (χ0) is 23.1. The molecular formula is C29H50O3. The molecule has 0 aliphatic heterocycles. The van der Waals surface area contributed by atoms with Crippen LogP contribution in [0.1, 0.15) is 135 Å². The van der Waals surface area contributed by atoms with Crippen LogP contribution in [-0.4, -0.2) is 12.6 Å². The largest absolute Gasteiger partial charge is 0.494 e. The van der Waals surface area contributed by atoms with E-state index in [0.29, 0.717) is 19.6 Å². The summed E-state index contributed by atoms with van der Waals surface area (Å²) in [6, 6.07) is 7.74. The van der Waals surface area contributed by atoms with Gasteiger partial charge >= 0.3 is 5.97 Å². The lowest BCUT2D eigenvalue weighted by Gasteiger charge is -2.07. The minimum Gasteiger partial charge on any atom is -0.494 e. The summed E-state index contributed by atoms with van der Waals surface area (Å²) in [5.74, 6) is 0.769. The summed E-state index contributed by atoms with van der Waals surface area (Å²) in [5.41, 5.74) is 1.00. The topological polar surface area (TPSA) is 35.5 Å². The third-order valence-electron chi connectivity index (χ3n) is 6.12. The number of hydrogen-bond donors (Lipinski definition) is 0. The van der Waals surface area contributed by atoms with Crippen LogP contribution < -0.4 is 4.74 Å². The van der Waals surface area contributed by atoms with E-state index in [2.05, 4.69) is 6.92 Å². The zero-order valence-corrected chi connectivity index (χ0v) is 21.2. The second-order valence-electron chi connectivity index (χ2n) is 9.14. The highest BCUT2D eigenvalue weighted by molar-refractivity contribution is 5.69. The smallest absolute Gasteiger partial charge is 0.306 e. The molecule has 0 fully saturated rings. The van der Waals surface area contributed by atoms with Gasteiger partial charge in [0.05, 0.1) is 6.61 Å². The minimum absolute atomic E-state index is 0.0835. The van der Waals surface area contributed by atoms with E-state index in [9.17, 15) is 4.79 Å². The van der Waals surface area contributed by atoms with Gasteiger partial charge < -0.3 is 9.47 Å². The Bertz CT molecular complexity index is 538. The van der Waals surface area contributed by atoms with Crippen molar-refractivity contribution in [1.82, 2.24) is 0 Å². The Balaban J connectivity index is 1.81. The normalized spacial score (nSPS) is 10.9. The van der Waals surface area contributed by atoms with E-state index in [1.165, 1.54) is 96.3 Å². The van der Waals surface area contributed by atoms with E-state index in [1.807, 2.05) is 31.2 Å². The Hall–Kier alpha value is -1.51. The lowest BCUT2D eigenvalue weighted by molar-refractivity contribution is -0.145. The first kappa shape index (κ1) is 28.5. The molecule has 0 saturated heterocycles. The molecular weight excluding hydrogens is 396 g/mol. The number of hydrogen-bond acceptors (Lipinski definition) is 3. The van der Waals surface area contributed by atoms with Gasteiger partial charge in [-0.05, 0) is 31.0 Å². The first-order chi connectivity index (χ1) is 15.8. The molecule has 3 heteroatoms. The van der Waals surface area contributed by atoms with Gasteiger partial charge in [0, 0.05) is 6.42 Å². The molecule has 32 heavy (non-hydrogen) atoms. The fourth-order valence-electron chi connectivity index (χ4n) is 4.08. The molecule has 0 amide bonds. The maximum atomic E-state index is 11.9. The lowest BCUT2D eigenvalue weighted by Crippen LogP contribution is -2.04. The second-order valence-corrected chi connectivity index (χ2v) is 9.14. The highest BCUT2D eigenvalue weighted by Gasteiger charge is 2.04. The Morgan fingerprint density at radius 3 is 1.50 bits per heavy atom. The number of ether oxygens (including phenoxy) is 2. The van der Waals surface area contributed by atoms with Crippen molar-refractivity contribution in [3.8, 4) is 5.75 Å². The van der Waals surface area contributed by atoms with Gasteiger partial charge in [-0.1, -0.05) is 122 Å². The molecule has 0 radical (unpaired) electrons. The molecule has 0 bridgehead atoms. The minimum atomic E-state index is -0.0835. The van der Waals surface area contributed by atoms with E-state index < -0.39 is 0 Å². The molecule has 0 spiro atoms. The summed E-state index contributed by atoms with van der Waals surface area (Å²) < 4.78 is 10.8. The van der Waals surface area contributed by atoms with Crippen LogP contribution in [0.4, 0.5) is 0 Å². The van der Waals surface area contributed by atoms with E-state index in [1.54, 1.807) is 0 Å². The van der Waals surface area contributed by atoms with Crippen LogP contribution in [-0.2, 0) is 16.1 Å². The van der Waals surface area contributed by atoms with Gasteiger partial charge in [0.2, 0.25) is 0 Å². The SMILES string of the molecule is CCCCCCCCCCCCCCCCCCCC(=O)OCc1ccc(OCC)cc1. The first-order valence-corrected chi connectivity index (χ1v) is 13.6. The first-order valence-electron chi connectivity index (χ1n) is 13.6. The zero-order valence-electron chi connectivity index (χ0n) is 21.2. The molecule has 0 aromatic heterocycles. The third kappa shape index (κ3) is 17.1. The predicted octanol–water partition coefficient (Wildman–Crippen LogP) is 9.17. The van der Waals surface area contributed by atoms with Gasteiger partial charge in [-0.3, -0.25) is 4.79 Å². The molecule has 1 aromatic rings. The van der Waals surface area contributed by atoms with Gasteiger partial charge in [0.25, 0.3) is 0 Å². The molecule has 0 unspecified atom stereocenters. The van der Waals surface area contributed by atoms with Gasteiger partial charge in [0.1, 0.15) is 12.4 Å². The Labute approximate surface area is 198 Å². The average molecular weight is 447 g/mol. The van der Waals surface area contributed by atoms with Crippen molar-refractivity contribution < 1.29 is 14.3 Å². The second kappa shape index (κ2) is 21.3. The molecule has 0 heterocycles. The molecule has 0 N–H and O–H groups in total. The van der Waals surface area contributed by atoms with Crippen molar-refractivity contribution in [2.45, 2.75) is 136 Å². The lowest BCUT2D eigenvalue weighted by atomic mass is 10.0. The van der Waals surface area contributed by atoms with Crippen LogP contribution in [0.5, 0.6) is 5.75 Å². The molecule has 1 aromatic carbocycles. The number of carbonyl (C=O) groups is 1. The van der Waals surface area contributed by atoms with E-state index in [4.69, 9.17) is 9.47 Å². The maximum absolute atomic E-state index is 11.9. The number of rotatable bonds is 22. The van der Waals surface area contributed by atoms with Crippen LogP contribution in [0.3, 0.4) is 0 Å². The fourth-order valence-corrected chi connectivity index (χ4v) is 4.08.